The first-order chi connectivity index (χ1) is 12.2. The van der Waals surface area contributed by atoms with Crippen LogP contribution >= 0.6 is 11.8 Å². The largest absolute Gasteiger partial charge is 0.497 e. The van der Waals surface area contributed by atoms with E-state index in [0.29, 0.717) is 11.6 Å². The molecule has 128 valence electrons. The van der Waals surface area contributed by atoms with Crippen molar-refractivity contribution >= 4 is 16.9 Å². The molecule has 1 aromatic heterocycles. The lowest BCUT2D eigenvalue weighted by Crippen LogP contribution is -1.97. The number of hydrogen-bond donors (Lipinski definition) is 0. The third-order valence-electron chi connectivity index (χ3n) is 3.26. The Bertz CT molecular complexity index is 819. The number of rotatable bonds is 7. The molecule has 3 rings (SSSR count). The first kappa shape index (κ1) is 17.0. The molecule has 25 heavy (non-hydrogen) atoms. The molecule has 0 aliphatic rings. The number of carbonyl (C=O) groups is 1. The van der Waals surface area contributed by atoms with Gasteiger partial charge in [0.25, 0.3) is 11.1 Å². The summed E-state index contributed by atoms with van der Waals surface area (Å²) in [4.78, 5) is 12.1. The quantitative estimate of drug-likeness (QED) is 0.600. The molecule has 0 aliphatic carbocycles. The smallest absolute Gasteiger partial charge is 0.284 e. The summed E-state index contributed by atoms with van der Waals surface area (Å²) in [5.41, 5.74) is 0.894. The summed E-state index contributed by atoms with van der Waals surface area (Å²) >= 11 is 0.925. The maximum absolute atomic E-state index is 12.1. The summed E-state index contributed by atoms with van der Waals surface area (Å²) in [5.74, 6) is 1.79. The van der Waals surface area contributed by atoms with Crippen LogP contribution < -0.4 is 9.47 Å². The van der Waals surface area contributed by atoms with Gasteiger partial charge in [0.15, 0.2) is 6.61 Å². The van der Waals surface area contributed by atoms with Crippen molar-refractivity contribution in [1.29, 1.82) is 0 Å². The Morgan fingerprint density at radius 1 is 1.04 bits per heavy atom. The van der Waals surface area contributed by atoms with Crippen molar-refractivity contribution in [3.8, 4) is 11.5 Å². The van der Waals surface area contributed by atoms with Crippen LogP contribution in [0.3, 0.4) is 0 Å². The number of hydrogen-bond acceptors (Lipinski definition) is 7. The van der Waals surface area contributed by atoms with Crippen LogP contribution in [0, 0.1) is 0 Å². The van der Waals surface area contributed by atoms with Crippen LogP contribution in [0.4, 0.5) is 0 Å². The monoisotopic (exact) mass is 356 g/mol. The molecule has 0 radical (unpaired) electrons. The van der Waals surface area contributed by atoms with Gasteiger partial charge in [0.05, 0.1) is 7.11 Å². The van der Waals surface area contributed by atoms with E-state index in [1.165, 1.54) is 0 Å². The van der Waals surface area contributed by atoms with Crippen molar-refractivity contribution in [3.63, 3.8) is 0 Å². The second-order valence-electron chi connectivity index (χ2n) is 5.06. The van der Waals surface area contributed by atoms with E-state index >= 15 is 0 Å². The van der Waals surface area contributed by atoms with Gasteiger partial charge in [0.1, 0.15) is 11.5 Å². The van der Waals surface area contributed by atoms with Gasteiger partial charge >= 0.3 is 0 Å². The number of thioether (sulfide) groups is 1. The molecule has 7 heteroatoms. The van der Waals surface area contributed by atoms with E-state index in [1.807, 2.05) is 54.6 Å². The van der Waals surface area contributed by atoms with E-state index in [4.69, 9.17) is 13.9 Å². The van der Waals surface area contributed by atoms with Crippen molar-refractivity contribution in [1.82, 2.24) is 10.2 Å². The van der Waals surface area contributed by atoms with E-state index < -0.39 is 0 Å². The van der Waals surface area contributed by atoms with Gasteiger partial charge < -0.3 is 13.9 Å². The predicted octanol–water partition coefficient (Wildman–Crippen LogP) is 3.52. The van der Waals surface area contributed by atoms with E-state index in [9.17, 15) is 4.79 Å². The second-order valence-corrected chi connectivity index (χ2v) is 6.07. The minimum Gasteiger partial charge on any atom is -0.497 e. The maximum Gasteiger partial charge on any atom is 0.284 e. The molecule has 0 unspecified atom stereocenters. The normalized spacial score (nSPS) is 10.4. The summed E-state index contributed by atoms with van der Waals surface area (Å²) in [6, 6.07) is 16.7. The van der Waals surface area contributed by atoms with Crippen LogP contribution in [-0.2, 0) is 17.8 Å². The fourth-order valence-corrected chi connectivity index (χ4v) is 2.70. The number of benzene rings is 2. The predicted molar refractivity (Wildman–Crippen MR) is 92.6 cm³/mol. The van der Waals surface area contributed by atoms with Crippen LogP contribution in [0.1, 0.15) is 11.5 Å². The molecule has 0 amide bonds. The number of carbonyl (C=O) groups excluding carboxylic acids is 1. The highest BCUT2D eigenvalue weighted by Gasteiger charge is 2.13. The van der Waals surface area contributed by atoms with E-state index in [1.54, 1.807) is 7.11 Å². The van der Waals surface area contributed by atoms with E-state index in [0.717, 1.165) is 23.1 Å². The van der Waals surface area contributed by atoms with Crippen molar-refractivity contribution in [3.05, 3.63) is 66.1 Å². The summed E-state index contributed by atoms with van der Waals surface area (Å²) in [7, 11) is 1.60. The van der Waals surface area contributed by atoms with Gasteiger partial charge in [-0.2, -0.15) is 0 Å². The Hall–Kier alpha value is -2.80. The van der Waals surface area contributed by atoms with Gasteiger partial charge in [0.2, 0.25) is 5.12 Å². The molecule has 2 aromatic carbocycles. The fourth-order valence-electron chi connectivity index (χ4n) is 2.04. The minimum atomic E-state index is -0.0793. The summed E-state index contributed by atoms with van der Waals surface area (Å²) < 4.78 is 16.0. The third kappa shape index (κ3) is 5.09. The van der Waals surface area contributed by atoms with Crippen molar-refractivity contribution in [2.75, 3.05) is 7.11 Å². The average molecular weight is 356 g/mol. The number of aromatic nitrogens is 2. The number of ether oxygens (including phenoxy) is 2. The highest BCUT2D eigenvalue weighted by molar-refractivity contribution is 8.13. The zero-order valence-corrected chi connectivity index (χ0v) is 14.4. The third-order valence-corrected chi connectivity index (χ3v) is 3.97. The van der Waals surface area contributed by atoms with Crippen LogP contribution in [0.25, 0.3) is 0 Å². The van der Waals surface area contributed by atoms with E-state index in [-0.39, 0.29) is 23.4 Å². The van der Waals surface area contributed by atoms with Gasteiger partial charge in [-0.1, -0.05) is 30.3 Å². The zero-order valence-electron chi connectivity index (χ0n) is 13.5. The summed E-state index contributed by atoms with van der Waals surface area (Å²) in [6.07, 6.45) is 0.271. The Labute approximate surface area is 149 Å². The number of nitrogens with zero attached hydrogens (tertiary/aromatic N) is 2. The van der Waals surface area contributed by atoms with E-state index in [2.05, 4.69) is 10.2 Å². The number of methoxy groups -OCH3 is 1. The topological polar surface area (TPSA) is 74.5 Å². The summed E-state index contributed by atoms with van der Waals surface area (Å²) in [6.45, 7) is 0.157. The molecule has 0 saturated heterocycles. The molecule has 0 N–H and O–H groups in total. The van der Waals surface area contributed by atoms with Gasteiger partial charge in [-0.05, 0) is 29.8 Å². The van der Waals surface area contributed by atoms with Gasteiger partial charge in [-0.25, -0.2) is 0 Å². The standard InChI is InChI=1S/C18H16N2O4S/c1-22-14-9-7-13(8-10-14)11-17(21)25-18-20-19-16(24-18)12-23-15-5-3-2-4-6-15/h2-10H,11-12H2,1H3. The lowest BCUT2D eigenvalue weighted by Gasteiger charge is -2.02. The highest BCUT2D eigenvalue weighted by Crippen LogP contribution is 2.21. The van der Waals surface area contributed by atoms with Crippen LogP contribution in [0.2, 0.25) is 0 Å². The first-order valence-electron chi connectivity index (χ1n) is 7.57. The van der Waals surface area contributed by atoms with Crippen LogP contribution in [0.5, 0.6) is 11.5 Å². The molecule has 1 heterocycles. The number of para-hydroxylation sites is 1. The average Bonchev–Trinajstić information content (AvgIpc) is 3.08. The molecular formula is C18H16N2O4S. The molecule has 0 spiro atoms. The SMILES string of the molecule is COc1ccc(CC(=O)Sc2nnc(COc3ccccc3)o2)cc1. The molecule has 0 fully saturated rings. The second kappa shape index (κ2) is 8.34. The lowest BCUT2D eigenvalue weighted by molar-refractivity contribution is -0.110. The molecule has 0 bridgehead atoms. The minimum absolute atomic E-state index is 0.0793. The maximum atomic E-state index is 12.1. The molecule has 6 nitrogen and oxygen atoms in total. The molecule has 0 saturated carbocycles. The Balaban J connectivity index is 1.50. The zero-order chi connectivity index (χ0) is 17.5. The van der Waals surface area contributed by atoms with Crippen molar-refractivity contribution in [2.24, 2.45) is 0 Å². The molecule has 3 aromatic rings. The highest BCUT2D eigenvalue weighted by atomic mass is 32.2. The summed E-state index contributed by atoms with van der Waals surface area (Å²) in [5, 5.41) is 7.88. The Morgan fingerprint density at radius 2 is 1.80 bits per heavy atom. The van der Waals surface area contributed by atoms with Crippen molar-refractivity contribution < 1.29 is 18.7 Å². The molecule has 0 aliphatic heterocycles. The Kier molecular flexibility index (Phi) is 5.69. The van der Waals surface area contributed by atoms with Crippen LogP contribution in [0.15, 0.2) is 64.2 Å². The van der Waals surface area contributed by atoms with Gasteiger partial charge in [0, 0.05) is 18.2 Å². The molecule has 0 atom stereocenters. The van der Waals surface area contributed by atoms with Crippen molar-refractivity contribution in [2.45, 2.75) is 18.3 Å². The van der Waals surface area contributed by atoms with Gasteiger partial charge in [-0.15, -0.1) is 10.2 Å². The first-order valence-corrected chi connectivity index (χ1v) is 8.38. The Morgan fingerprint density at radius 3 is 2.52 bits per heavy atom. The lowest BCUT2D eigenvalue weighted by atomic mass is 10.2. The fraction of sp³-hybridized carbons (Fsp3) is 0.167. The van der Waals surface area contributed by atoms with Gasteiger partial charge in [-0.3, -0.25) is 4.79 Å². The van der Waals surface area contributed by atoms with Crippen LogP contribution in [-0.4, -0.2) is 22.4 Å². The molecular weight excluding hydrogens is 340 g/mol.